The molecule has 0 fully saturated rings. The van der Waals surface area contributed by atoms with E-state index in [1.807, 2.05) is 26.8 Å². The zero-order valence-corrected chi connectivity index (χ0v) is 12.9. The highest BCUT2D eigenvalue weighted by Crippen LogP contribution is 2.32. The van der Waals surface area contributed by atoms with Crippen molar-refractivity contribution in [2.75, 3.05) is 0 Å². The lowest BCUT2D eigenvalue weighted by Crippen LogP contribution is -2.09. The Kier molecular flexibility index (Phi) is 4.40. The van der Waals surface area contributed by atoms with Crippen molar-refractivity contribution in [3.05, 3.63) is 46.5 Å². The third-order valence-corrected chi connectivity index (χ3v) is 4.22. The number of hydrogen-bond acceptors (Lipinski definition) is 4. The van der Waals surface area contributed by atoms with Gasteiger partial charge in [0.15, 0.2) is 5.16 Å². The van der Waals surface area contributed by atoms with Crippen LogP contribution in [0.15, 0.2) is 28.3 Å². The van der Waals surface area contributed by atoms with Crippen LogP contribution in [-0.4, -0.2) is 9.97 Å². The molecule has 20 heavy (non-hydrogen) atoms. The number of nitrogens with zero attached hydrogens (tertiary/aromatic N) is 2. The molecule has 0 saturated carbocycles. The number of nitrogens with two attached hydrogens (primary N) is 1. The molecule has 2 rings (SSSR count). The van der Waals surface area contributed by atoms with E-state index in [2.05, 4.69) is 9.97 Å². The summed E-state index contributed by atoms with van der Waals surface area (Å²) in [7, 11) is 0. The summed E-state index contributed by atoms with van der Waals surface area (Å²) in [5.41, 5.74) is 9.34. The highest BCUT2D eigenvalue weighted by atomic mass is 32.2. The van der Waals surface area contributed by atoms with Crippen molar-refractivity contribution >= 4 is 11.8 Å². The van der Waals surface area contributed by atoms with Gasteiger partial charge in [0.1, 0.15) is 5.82 Å². The largest absolute Gasteiger partial charge is 0.324 e. The number of hydrogen-bond donors (Lipinski definition) is 1. The third-order valence-electron chi connectivity index (χ3n) is 3.28. The van der Waals surface area contributed by atoms with Gasteiger partial charge >= 0.3 is 0 Å². The predicted molar refractivity (Wildman–Crippen MR) is 79.4 cm³/mol. The molecule has 0 spiro atoms. The van der Waals surface area contributed by atoms with Crippen LogP contribution in [0.4, 0.5) is 4.39 Å². The standard InChI is InChI=1S/C15H18FN3S/c1-8-10(3)18-15(19-11(8)4)20-13-7-5-6-12(16)14(13)9(2)17/h5-7,9H,17H2,1-4H3. The second kappa shape index (κ2) is 5.89. The number of aryl methyl sites for hydroxylation is 2. The Balaban J connectivity index is 2.43. The lowest BCUT2D eigenvalue weighted by molar-refractivity contribution is 0.585. The third kappa shape index (κ3) is 2.99. The van der Waals surface area contributed by atoms with Gasteiger partial charge in [0.25, 0.3) is 0 Å². The van der Waals surface area contributed by atoms with Crippen LogP contribution in [0.2, 0.25) is 0 Å². The van der Waals surface area contributed by atoms with Gasteiger partial charge in [0, 0.05) is 27.9 Å². The van der Waals surface area contributed by atoms with Crippen LogP contribution in [0.5, 0.6) is 0 Å². The zero-order valence-electron chi connectivity index (χ0n) is 12.1. The molecule has 0 aliphatic rings. The first-order chi connectivity index (χ1) is 9.40. The second-order valence-corrected chi connectivity index (χ2v) is 5.85. The van der Waals surface area contributed by atoms with E-state index >= 15 is 0 Å². The molecule has 0 aliphatic heterocycles. The van der Waals surface area contributed by atoms with Crippen LogP contribution < -0.4 is 5.73 Å². The maximum atomic E-state index is 13.9. The first-order valence-corrected chi connectivity index (χ1v) is 7.25. The summed E-state index contributed by atoms with van der Waals surface area (Å²) in [5.74, 6) is -0.287. The minimum Gasteiger partial charge on any atom is -0.324 e. The van der Waals surface area contributed by atoms with E-state index < -0.39 is 0 Å². The molecule has 2 N–H and O–H groups in total. The molecule has 3 nitrogen and oxygen atoms in total. The number of benzene rings is 1. The zero-order chi connectivity index (χ0) is 14.9. The first-order valence-electron chi connectivity index (χ1n) is 6.44. The Hall–Kier alpha value is -1.46. The topological polar surface area (TPSA) is 51.8 Å². The van der Waals surface area contributed by atoms with Crippen LogP contribution in [0.25, 0.3) is 0 Å². The Morgan fingerprint density at radius 2 is 1.75 bits per heavy atom. The molecule has 5 heteroatoms. The van der Waals surface area contributed by atoms with Gasteiger partial charge in [-0.1, -0.05) is 6.07 Å². The molecule has 1 aromatic carbocycles. The number of aromatic nitrogens is 2. The van der Waals surface area contributed by atoms with Gasteiger partial charge < -0.3 is 5.73 Å². The van der Waals surface area contributed by atoms with Gasteiger partial charge in [-0.2, -0.15) is 0 Å². The minimum absolute atomic E-state index is 0.287. The van der Waals surface area contributed by atoms with E-state index in [0.717, 1.165) is 21.8 Å². The highest BCUT2D eigenvalue weighted by molar-refractivity contribution is 7.99. The molecular formula is C15H18FN3S. The predicted octanol–water partition coefficient (Wildman–Crippen LogP) is 3.71. The van der Waals surface area contributed by atoms with Crippen molar-refractivity contribution in [2.24, 2.45) is 5.73 Å². The summed E-state index contributed by atoms with van der Waals surface area (Å²) in [5, 5.41) is 0.623. The monoisotopic (exact) mass is 291 g/mol. The summed E-state index contributed by atoms with van der Waals surface area (Å²) in [6, 6.07) is 4.58. The molecule has 2 aromatic rings. The molecule has 0 bridgehead atoms. The fourth-order valence-corrected chi connectivity index (χ4v) is 3.04. The minimum atomic E-state index is -0.369. The molecule has 0 radical (unpaired) electrons. The highest BCUT2D eigenvalue weighted by Gasteiger charge is 2.15. The molecule has 0 saturated heterocycles. The molecule has 1 atom stereocenters. The Morgan fingerprint density at radius 3 is 2.30 bits per heavy atom. The summed E-state index contributed by atoms with van der Waals surface area (Å²) < 4.78 is 13.9. The van der Waals surface area contributed by atoms with Gasteiger partial charge in [-0.15, -0.1) is 0 Å². The lowest BCUT2D eigenvalue weighted by Gasteiger charge is -2.13. The summed E-state index contributed by atoms with van der Waals surface area (Å²) >= 11 is 1.35. The fraction of sp³-hybridized carbons (Fsp3) is 0.333. The Bertz CT molecular complexity index is 618. The fourth-order valence-electron chi connectivity index (χ4n) is 1.93. The van der Waals surface area contributed by atoms with Gasteiger partial charge in [0.05, 0.1) is 0 Å². The molecule has 1 heterocycles. The van der Waals surface area contributed by atoms with Crippen molar-refractivity contribution in [3.8, 4) is 0 Å². The van der Waals surface area contributed by atoms with Crippen LogP contribution in [0.3, 0.4) is 0 Å². The Labute approximate surface area is 122 Å². The number of rotatable bonds is 3. The van der Waals surface area contributed by atoms with Crippen LogP contribution in [0.1, 0.15) is 35.5 Å². The van der Waals surface area contributed by atoms with Gasteiger partial charge in [-0.05, 0) is 57.2 Å². The van der Waals surface area contributed by atoms with Gasteiger partial charge in [-0.25, -0.2) is 14.4 Å². The van der Waals surface area contributed by atoms with Crippen LogP contribution in [-0.2, 0) is 0 Å². The van der Waals surface area contributed by atoms with Crippen molar-refractivity contribution < 1.29 is 4.39 Å². The van der Waals surface area contributed by atoms with Crippen molar-refractivity contribution in [1.82, 2.24) is 9.97 Å². The molecule has 1 aromatic heterocycles. The summed E-state index contributed by atoms with van der Waals surface area (Å²) in [6.45, 7) is 7.67. The second-order valence-electron chi connectivity index (χ2n) is 4.84. The van der Waals surface area contributed by atoms with E-state index in [1.165, 1.54) is 17.8 Å². The van der Waals surface area contributed by atoms with Crippen molar-refractivity contribution in [3.63, 3.8) is 0 Å². The molecule has 106 valence electrons. The average molecular weight is 291 g/mol. The molecule has 1 unspecified atom stereocenters. The van der Waals surface area contributed by atoms with Crippen molar-refractivity contribution in [2.45, 2.75) is 43.8 Å². The van der Waals surface area contributed by atoms with Gasteiger partial charge in [0.2, 0.25) is 0 Å². The average Bonchev–Trinajstić information content (AvgIpc) is 2.35. The van der Waals surface area contributed by atoms with E-state index in [1.54, 1.807) is 13.0 Å². The SMILES string of the molecule is Cc1nc(Sc2cccc(F)c2C(C)N)nc(C)c1C. The normalized spacial score (nSPS) is 12.5. The van der Waals surface area contributed by atoms with Crippen LogP contribution in [0, 0.1) is 26.6 Å². The molecule has 0 aliphatic carbocycles. The summed E-state index contributed by atoms with van der Waals surface area (Å²) in [4.78, 5) is 9.66. The number of halogens is 1. The summed E-state index contributed by atoms with van der Waals surface area (Å²) in [6.07, 6.45) is 0. The molecular weight excluding hydrogens is 273 g/mol. The van der Waals surface area contributed by atoms with Crippen molar-refractivity contribution in [1.29, 1.82) is 0 Å². The maximum Gasteiger partial charge on any atom is 0.192 e. The van der Waals surface area contributed by atoms with E-state index in [9.17, 15) is 4.39 Å². The van der Waals surface area contributed by atoms with E-state index in [4.69, 9.17) is 5.73 Å². The lowest BCUT2D eigenvalue weighted by atomic mass is 10.1. The first kappa shape index (κ1) is 14.9. The quantitative estimate of drug-likeness (QED) is 0.876. The van der Waals surface area contributed by atoms with Crippen LogP contribution >= 0.6 is 11.8 Å². The molecule has 0 amide bonds. The van der Waals surface area contributed by atoms with E-state index in [-0.39, 0.29) is 11.9 Å². The van der Waals surface area contributed by atoms with E-state index in [0.29, 0.717) is 10.7 Å². The smallest absolute Gasteiger partial charge is 0.192 e. The Morgan fingerprint density at radius 1 is 1.15 bits per heavy atom. The van der Waals surface area contributed by atoms with Gasteiger partial charge in [-0.3, -0.25) is 0 Å². The maximum absolute atomic E-state index is 13.9.